The number of unbranched alkanes of at least 4 members (excludes halogenated alkanes) is 18. The fourth-order valence-corrected chi connectivity index (χ4v) is 7.62. The molecule has 8 nitrogen and oxygen atoms in total. The smallest absolute Gasteiger partial charge is 0.306 e. The minimum atomic E-state index is -3.76. The maximum Gasteiger partial charge on any atom is 0.306 e. The van der Waals surface area contributed by atoms with E-state index in [2.05, 4.69) is 38.2 Å². The molecule has 320 valence electrons. The first-order valence-corrected chi connectivity index (χ1v) is 23.7. The van der Waals surface area contributed by atoms with E-state index >= 15 is 0 Å². The van der Waals surface area contributed by atoms with Crippen LogP contribution in [0.4, 0.5) is 0 Å². The average Bonchev–Trinajstić information content (AvgIpc) is 3.22. The second-order valence-electron chi connectivity index (χ2n) is 14.8. The zero-order valence-corrected chi connectivity index (χ0v) is 36.2. The molecule has 9 heteroatoms. The third-order valence-electron chi connectivity index (χ3n) is 9.81. The number of esters is 2. The first-order chi connectivity index (χ1) is 27.9. The molecule has 0 heterocycles. The van der Waals surface area contributed by atoms with Gasteiger partial charge in [-0.05, 0) is 87.1 Å². The van der Waals surface area contributed by atoms with Crippen molar-refractivity contribution >= 4 is 21.8 Å². The molecular formula is C48H74O8S. The fourth-order valence-electron chi connectivity index (χ4n) is 6.36. The van der Waals surface area contributed by atoms with Crippen LogP contribution in [0.2, 0.25) is 0 Å². The number of carbonyl (C=O) groups excluding carboxylic acids is 2. The number of sulfone groups is 1. The van der Waals surface area contributed by atoms with Crippen molar-refractivity contribution in [2.45, 2.75) is 178 Å². The Labute approximate surface area is 346 Å². The summed E-state index contributed by atoms with van der Waals surface area (Å²) in [4.78, 5) is 24.4. The van der Waals surface area contributed by atoms with Crippen molar-refractivity contribution in [2.24, 2.45) is 0 Å². The van der Waals surface area contributed by atoms with E-state index in [0.29, 0.717) is 37.2 Å². The summed E-state index contributed by atoms with van der Waals surface area (Å²) in [6, 6.07) is 12.3. The molecule has 0 fully saturated rings. The third-order valence-corrected chi connectivity index (χ3v) is 11.6. The molecule has 0 unspecified atom stereocenters. The van der Waals surface area contributed by atoms with Gasteiger partial charge in [0.2, 0.25) is 9.84 Å². The Morgan fingerprint density at radius 1 is 0.439 bits per heavy atom. The van der Waals surface area contributed by atoms with Crippen LogP contribution < -0.4 is 9.47 Å². The van der Waals surface area contributed by atoms with Gasteiger partial charge in [0.1, 0.15) is 37.9 Å². The first kappa shape index (κ1) is 49.6. The molecule has 0 aliphatic heterocycles. The molecule has 57 heavy (non-hydrogen) atoms. The molecule has 0 N–H and O–H groups in total. The van der Waals surface area contributed by atoms with Gasteiger partial charge < -0.3 is 18.9 Å². The predicted molar refractivity (Wildman–Crippen MR) is 232 cm³/mol. The van der Waals surface area contributed by atoms with Crippen molar-refractivity contribution in [3.8, 4) is 11.5 Å². The van der Waals surface area contributed by atoms with Crippen LogP contribution in [0.5, 0.6) is 11.5 Å². The third kappa shape index (κ3) is 25.4. The Morgan fingerprint density at radius 2 is 0.754 bits per heavy atom. The molecule has 0 saturated heterocycles. The van der Waals surface area contributed by atoms with Crippen LogP contribution in [0.15, 0.2) is 82.6 Å². The summed E-state index contributed by atoms with van der Waals surface area (Å²) < 4.78 is 48.2. The standard InChI is InChI=1S/C48H74O8S/c1-3-5-7-9-11-13-15-17-19-21-23-25-27-29-47(49)55-41-39-53-43-31-35-45(36-32-43)57(51,52)46-37-33-44(34-38-46)54-40-42-56-48(50)30-28-26-24-22-20-18-16-14-12-10-8-6-4-2/h23-26,31-38H,3-22,27-30,39-42H2,1-2H3/b25-23+,26-24+. The summed E-state index contributed by atoms with van der Waals surface area (Å²) in [7, 11) is -3.76. The van der Waals surface area contributed by atoms with E-state index in [-0.39, 0.29) is 48.2 Å². The van der Waals surface area contributed by atoms with Crippen LogP contribution in [0.1, 0.15) is 168 Å². The molecule has 0 bridgehead atoms. The normalized spacial score (nSPS) is 11.7. The van der Waals surface area contributed by atoms with Gasteiger partial charge in [-0.1, -0.05) is 141 Å². The van der Waals surface area contributed by atoms with Crippen LogP contribution >= 0.6 is 0 Å². The van der Waals surface area contributed by atoms with E-state index in [1.54, 1.807) is 24.3 Å². The van der Waals surface area contributed by atoms with Gasteiger partial charge in [-0.15, -0.1) is 0 Å². The highest BCUT2D eigenvalue weighted by molar-refractivity contribution is 7.91. The van der Waals surface area contributed by atoms with Crippen molar-refractivity contribution < 1.29 is 37.0 Å². The van der Waals surface area contributed by atoms with E-state index in [1.807, 2.05) is 0 Å². The molecule has 0 atom stereocenters. The van der Waals surface area contributed by atoms with Gasteiger partial charge in [-0.3, -0.25) is 9.59 Å². The van der Waals surface area contributed by atoms with Crippen LogP contribution in [-0.4, -0.2) is 46.8 Å². The van der Waals surface area contributed by atoms with Crippen molar-refractivity contribution in [2.75, 3.05) is 26.4 Å². The Kier molecular flexibility index (Phi) is 29.0. The van der Waals surface area contributed by atoms with E-state index in [1.165, 1.54) is 140 Å². The zero-order valence-electron chi connectivity index (χ0n) is 35.4. The monoisotopic (exact) mass is 811 g/mol. The van der Waals surface area contributed by atoms with E-state index in [0.717, 1.165) is 12.8 Å². The molecule has 2 aromatic carbocycles. The summed E-state index contributed by atoms with van der Waals surface area (Å²) in [5.41, 5.74) is 0. The summed E-state index contributed by atoms with van der Waals surface area (Å²) in [6.45, 7) is 5.08. The maximum absolute atomic E-state index is 13.2. The summed E-state index contributed by atoms with van der Waals surface area (Å²) in [5, 5.41) is 0. The van der Waals surface area contributed by atoms with Crippen molar-refractivity contribution in [3.05, 3.63) is 72.8 Å². The second-order valence-corrected chi connectivity index (χ2v) is 16.8. The molecule has 0 saturated carbocycles. The fraction of sp³-hybridized carbons (Fsp3) is 0.625. The van der Waals surface area contributed by atoms with Gasteiger partial charge in [0.15, 0.2) is 0 Å². The van der Waals surface area contributed by atoms with Gasteiger partial charge in [0.25, 0.3) is 0 Å². The van der Waals surface area contributed by atoms with E-state index in [9.17, 15) is 18.0 Å². The number of hydrogen-bond donors (Lipinski definition) is 0. The molecule has 2 rings (SSSR count). The molecular weight excluding hydrogens is 737 g/mol. The Hall–Kier alpha value is -3.59. The lowest BCUT2D eigenvalue weighted by atomic mass is 10.1. The van der Waals surface area contributed by atoms with Crippen molar-refractivity contribution in [3.63, 3.8) is 0 Å². The van der Waals surface area contributed by atoms with Gasteiger partial charge in [0.05, 0.1) is 9.79 Å². The Balaban J connectivity index is 1.53. The lowest BCUT2D eigenvalue weighted by Gasteiger charge is -2.10. The molecule has 0 aliphatic carbocycles. The lowest BCUT2D eigenvalue weighted by molar-refractivity contribution is -0.145. The largest absolute Gasteiger partial charge is 0.490 e. The van der Waals surface area contributed by atoms with Gasteiger partial charge >= 0.3 is 11.9 Å². The summed E-state index contributed by atoms with van der Waals surface area (Å²) in [6.07, 6.45) is 36.3. The SMILES string of the molecule is CCCCCCCCCCC/C=C/CCC(=O)OCCOc1ccc(S(=O)(=O)c2ccc(OCCOC(=O)CC/C=C/CCCCCCCCCCC)cc2)cc1. The zero-order chi connectivity index (χ0) is 41.1. The van der Waals surface area contributed by atoms with Crippen LogP contribution in [0.3, 0.4) is 0 Å². The lowest BCUT2D eigenvalue weighted by Crippen LogP contribution is -2.12. The first-order valence-electron chi connectivity index (χ1n) is 22.2. The topological polar surface area (TPSA) is 105 Å². The number of allylic oxidation sites excluding steroid dienone is 4. The number of benzene rings is 2. The summed E-state index contributed by atoms with van der Waals surface area (Å²) >= 11 is 0. The van der Waals surface area contributed by atoms with Crippen LogP contribution in [0, 0.1) is 0 Å². The van der Waals surface area contributed by atoms with Gasteiger partial charge in [0, 0.05) is 12.8 Å². The van der Waals surface area contributed by atoms with E-state index in [4.69, 9.17) is 18.9 Å². The van der Waals surface area contributed by atoms with Crippen LogP contribution in [0.25, 0.3) is 0 Å². The molecule has 0 radical (unpaired) electrons. The quantitative estimate of drug-likeness (QED) is 0.0381. The van der Waals surface area contributed by atoms with Crippen LogP contribution in [-0.2, 0) is 28.9 Å². The highest BCUT2D eigenvalue weighted by atomic mass is 32.2. The number of carbonyl (C=O) groups is 2. The van der Waals surface area contributed by atoms with Gasteiger partial charge in [-0.2, -0.15) is 0 Å². The number of ether oxygens (including phenoxy) is 4. The molecule has 0 amide bonds. The molecule has 0 aromatic heterocycles. The molecule has 0 spiro atoms. The molecule has 0 aliphatic rings. The Bertz CT molecular complexity index is 1360. The molecule has 2 aromatic rings. The minimum Gasteiger partial charge on any atom is -0.490 e. The minimum absolute atomic E-state index is 0.120. The van der Waals surface area contributed by atoms with Gasteiger partial charge in [-0.25, -0.2) is 8.42 Å². The highest BCUT2D eigenvalue weighted by Crippen LogP contribution is 2.25. The second kappa shape index (κ2) is 33.4. The number of hydrogen-bond acceptors (Lipinski definition) is 8. The predicted octanol–water partition coefficient (Wildman–Crippen LogP) is 12.9. The highest BCUT2D eigenvalue weighted by Gasteiger charge is 2.18. The Morgan fingerprint density at radius 3 is 1.11 bits per heavy atom. The summed E-state index contributed by atoms with van der Waals surface area (Å²) in [5.74, 6) is 0.436. The van der Waals surface area contributed by atoms with Crippen molar-refractivity contribution in [1.82, 2.24) is 0 Å². The maximum atomic E-state index is 13.2. The number of rotatable bonds is 36. The van der Waals surface area contributed by atoms with Crippen molar-refractivity contribution in [1.29, 1.82) is 0 Å². The van der Waals surface area contributed by atoms with E-state index < -0.39 is 9.84 Å². The average molecular weight is 811 g/mol.